The van der Waals surface area contributed by atoms with Crippen molar-refractivity contribution in [2.45, 2.75) is 19.4 Å². The summed E-state index contributed by atoms with van der Waals surface area (Å²) in [5.41, 5.74) is 1.95. The first-order chi connectivity index (χ1) is 11.6. The van der Waals surface area contributed by atoms with Crippen LogP contribution in [0.5, 0.6) is 0 Å². The summed E-state index contributed by atoms with van der Waals surface area (Å²) in [6, 6.07) is 15.6. The van der Waals surface area contributed by atoms with E-state index in [4.69, 9.17) is 11.6 Å². The fourth-order valence-electron chi connectivity index (χ4n) is 3.09. The highest BCUT2D eigenvalue weighted by molar-refractivity contribution is 9.10. The van der Waals surface area contributed by atoms with Crippen LogP contribution in [0.1, 0.15) is 18.4 Å². The zero-order valence-corrected chi connectivity index (χ0v) is 15.7. The van der Waals surface area contributed by atoms with E-state index < -0.39 is 0 Å². The van der Waals surface area contributed by atoms with E-state index in [0.29, 0.717) is 0 Å². The van der Waals surface area contributed by atoms with Crippen LogP contribution in [0, 0.1) is 5.92 Å². The first-order valence-electron chi connectivity index (χ1n) is 8.14. The van der Waals surface area contributed by atoms with Crippen LogP contribution in [-0.2, 0) is 11.3 Å². The van der Waals surface area contributed by atoms with Crippen molar-refractivity contribution in [3.8, 4) is 0 Å². The van der Waals surface area contributed by atoms with E-state index in [1.807, 2.05) is 48.5 Å². The summed E-state index contributed by atoms with van der Waals surface area (Å²) in [4.78, 5) is 14.9. The number of carbonyl (C=O) groups is 1. The first kappa shape index (κ1) is 17.5. The van der Waals surface area contributed by atoms with Gasteiger partial charge in [-0.15, -0.1) is 0 Å². The highest BCUT2D eigenvalue weighted by Gasteiger charge is 2.26. The molecule has 24 heavy (non-hydrogen) atoms. The molecule has 1 aliphatic rings. The fraction of sp³-hybridized carbons (Fsp3) is 0.316. The van der Waals surface area contributed by atoms with Gasteiger partial charge in [-0.05, 0) is 49.2 Å². The molecule has 1 heterocycles. The molecule has 1 amide bonds. The van der Waals surface area contributed by atoms with E-state index in [0.717, 1.165) is 53.2 Å². The Morgan fingerprint density at radius 2 is 2.08 bits per heavy atom. The maximum atomic E-state index is 12.6. The molecule has 2 aromatic carbocycles. The second-order valence-electron chi connectivity index (χ2n) is 6.17. The summed E-state index contributed by atoms with van der Waals surface area (Å²) in [6.45, 7) is 2.57. The molecule has 1 saturated heterocycles. The minimum absolute atomic E-state index is 0.0141. The second kappa shape index (κ2) is 8.15. The minimum Gasteiger partial charge on any atom is -0.326 e. The second-order valence-corrected chi connectivity index (χ2v) is 7.49. The lowest BCUT2D eigenvalue weighted by molar-refractivity contribution is -0.121. The monoisotopic (exact) mass is 406 g/mol. The van der Waals surface area contributed by atoms with Crippen LogP contribution in [0.15, 0.2) is 53.0 Å². The van der Waals surface area contributed by atoms with Crippen LogP contribution in [-0.4, -0.2) is 23.9 Å². The van der Waals surface area contributed by atoms with E-state index in [9.17, 15) is 4.79 Å². The lowest BCUT2D eigenvalue weighted by Gasteiger charge is -2.32. The molecule has 0 spiro atoms. The number of hydrogen-bond acceptors (Lipinski definition) is 2. The molecular weight excluding hydrogens is 388 g/mol. The maximum absolute atomic E-state index is 12.6. The Kier molecular flexibility index (Phi) is 5.93. The Balaban J connectivity index is 1.60. The molecule has 0 radical (unpaired) electrons. The van der Waals surface area contributed by atoms with E-state index in [1.54, 1.807) is 0 Å². The van der Waals surface area contributed by atoms with Crippen molar-refractivity contribution in [2.75, 3.05) is 18.4 Å². The van der Waals surface area contributed by atoms with Gasteiger partial charge in [-0.2, -0.15) is 0 Å². The predicted molar refractivity (Wildman–Crippen MR) is 102 cm³/mol. The molecule has 126 valence electrons. The zero-order valence-electron chi connectivity index (χ0n) is 13.3. The average molecular weight is 408 g/mol. The lowest BCUT2D eigenvalue weighted by atomic mass is 9.96. The summed E-state index contributed by atoms with van der Waals surface area (Å²) in [5, 5.41) is 3.82. The van der Waals surface area contributed by atoms with E-state index in [1.165, 1.54) is 0 Å². The Labute approximate surface area is 156 Å². The molecule has 0 saturated carbocycles. The SMILES string of the molecule is O=C(Nc1cccc(Br)c1)[C@H]1CCCN(Cc2ccccc2Cl)C1. The standard InChI is InChI=1S/C19H20BrClN2O/c20-16-7-3-8-17(11-16)22-19(24)15-6-4-10-23(13-15)12-14-5-1-2-9-18(14)21/h1-3,5,7-9,11,15H,4,6,10,12-13H2,(H,22,24)/t15-/m0/s1. The van der Waals surface area contributed by atoms with Gasteiger partial charge >= 0.3 is 0 Å². The van der Waals surface area contributed by atoms with Gasteiger partial charge in [0.2, 0.25) is 5.91 Å². The number of nitrogens with one attached hydrogen (secondary N) is 1. The summed E-state index contributed by atoms with van der Waals surface area (Å²) < 4.78 is 0.962. The molecule has 1 atom stereocenters. The van der Waals surface area contributed by atoms with Gasteiger partial charge in [0.1, 0.15) is 0 Å². The number of amides is 1. The topological polar surface area (TPSA) is 32.3 Å². The number of hydrogen-bond donors (Lipinski definition) is 1. The van der Waals surface area contributed by atoms with Crippen LogP contribution in [0.25, 0.3) is 0 Å². The van der Waals surface area contributed by atoms with Gasteiger partial charge in [0.15, 0.2) is 0 Å². The number of halogens is 2. The molecule has 1 aliphatic heterocycles. The Hall–Kier alpha value is -1.36. The van der Waals surface area contributed by atoms with Gasteiger partial charge in [-0.3, -0.25) is 9.69 Å². The molecule has 0 unspecified atom stereocenters. The van der Waals surface area contributed by atoms with E-state index in [2.05, 4.69) is 26.1 Å². The van der Waals surface area contributed by atoms with Gasteiger partial charge in [0, 0.05) is 28.3 Å². The smallest absolute Gasteiger partial charge is 0.228 e. The zero-order chi connectivity index (χ0) is 16.9. The number of nitrogens with zero attached hydrogens (tertiary/aromatic N) is 1. The van der Waals surface area contributed by atoms with Gasteiger partial charge in [-0.25, -0.2) is 0 Å². The molecule has 1 N–H and O–H groups in total. The molecule has 3 rings (SSSR count). The maximum Gasteiger partial charge on any atom is 0.228 e. The largest absolute Gasteiger partial charge is 0.326 e. The highest BCUT2D eigenvalue weighted by atomic mass is 79.9. The van der Waals surface area contributed by atoms with Crippen LogP contribution in [0.3, 0.4) is 0 Å². The Morgan fingerprint density at radius 3 is 2.88 bits per heavy atom. The molecule has 2 aromatic rings. The van der Waals surface area contributed by atoms with Crippen molar-refractivity contribution in [3.05, 3.63) is 63.6 Å². The molecule has 0 bridgehead atoms. The molecule has 5 heteroatoms. The summed E-state index contributed by atoms with van der Waals surface area (Å²) >= 11 is 9.68. The fourth-order valence-corrected chi connectivity index (χ4v) is 3.69. The highest BCUT2D eigenvalue weighted by Crippen LogP contribution is 2.23. The molecule has 0 aromatic heterocycles. The third kappa shape index (κ3) is 4.59. The van der Waals surface area contributed by atoms with Crippen molar-refractivity contribution in [2.24, 2.45) is 5.92 Å². The number of likely N-dealkylation sites (tertiary alicyclic amines) is 1. The van der Waals surface area contributed by atoms with Crippen molar-refractivity contribution >= 4 is 39.1 Å². The molecule has 3 nitrogen and oxygen atoms in total. The predicted octanol–water partition coefficient (Wildman–Crippen LogP) is 4.95. The van der Waals surface area contributed by atoms with Gasteiger partial charge in [-0.1, -0.05) is 51.8 Å². The van der Waals surface area contributed by atoms with Crippen LogP contribution in [0.4, 0.5) is 5.69 Å². The number of anilines is 1. The van der Waals surface area contributed by atoms with Crippen LogP contribution >= 0.6 is 27.5 Å². The molecule has 0 aliphatic carbocycles. The molecular formula is C19H20BrClN2O. The van der Waals surface area contributed by atoms with E-state index in [-0.39, 0.29) is 11.8 Å². The van der Waals surface area contributed by atoms with Crippen LogP contribution in [0.2, 0.25) is 5.02 Å². The van der Waals surface area contributed by atoms with Crippen LogP contribution < -0.4 is 5.32 Å². The van der Waals surface area contributed by atoms with Crippen molar-refractivity contribution in [1.29, 1.82) is 0 Å². The first-order valence-corrected chi connectivity index (χ1v) is 9.31. The average Bonchev–Trinajstić information content (AvgIpc) is 2.57. The van der Waals surface area contributed by atoms with E-state index >= 15 is 0 Å². The van der Waals surface area contributed by atoms with Gasteiger partial charge in [0.05, 0.1) is 5.92 Å². The number of piperidine rings is 1. The number of benzene rings is 2. The quantitative estimate of drug-likeness (QED) is 0.777. The van der Waals surface area contributed by atoms with Gasteiger partial charge in [0.25, 0.3) is 0 Å². The lowest BCUT2D eigenvalue weighted by Crippen LogP contribution is -2.40. The van der Waals surface area contributed by atoms with Crippen molar-refractivity contribution < 1.29 is 4.79 Å². The normalized spacial score (nSPS) is 18.3. The Bertz CT molecular complexity index is 722. The summed E-state index contributed by atoms with van der Waals surface area (Å²) in [5.74, 6) is 0.108. The number of rotatable bonds is 4. The minimum atomic E-state index is 0.0141. The van der Waals surface area contributed by atoms with Gasteiger partial charge < -0.3 is 5.32 Å². The molecule has 1 fully saturated rings. The third-order valence-corrected chi connectivity index (χ3v) is 5.18. The summed E-state index contributed by atoms with van der Waals surface area (Å²) in [7, 11) is 0. The van der Waals surface area contributed by atoms with Crippen molar-refractivity contribution in [1.82, 2.24) is 4.90 Å². The Morgan fingerprint density at radius 1 is 1.25 bits per heavy atom. The number of carbonyl (C=O) groups excluding carboxylic acids is 1. The third-order valence-electron chi connectivity index (χ3n) is 4.32. The van der Waals surface area contributed by atoms with Crippen molar-refractivity contribution in [3.63, 3.8) is 0 Å². The summed E-state index contributed by atoms with van der Waals surface area (Å²) in [6.07, 6.45) is 1.96.